The highest BCUT2D eigenvalue weighted by Crippen LogP contribution is 2.38. The Labute approximate surface area is 107 Å². The van der Waals surface area contributed by atoms with Crippen LogP contribution in [-0.2, 0) is 6.54 Å². The van der Waals surface area contributed by atoms with Gasteiger partial charge in [0.1, 0.15) is 0 Å². The van der Waals surface area contributed by atoms with E-state index in [2.05, 4.69) is 39.2 Å². The Morgan fingerprint density at radius 2 is 2.11 bits per heavy atom. The lowest BCUT2D eigenvalue weighted by Crippen LogP contribution is -2.44. The van der Waals surface area contributed by atoms with Crippen molar-refractivity contribution in [3.8, 4) is 0 Å². The molecule has 4 heteroatoms. The number of azide groups is 1. The minimum Gasteiger partial charge on any atom is -0.296 e. The third-order valence-electron chi connectivity index (χ3n) is 4.36. The van der Waals surface area contributed by atoms with Crippen molar-refractivity contribution >= 4 is 0 Å². The van der Waals surface area contributed by atoms with Gasteiger partial charge in [-0.15, -0.1) is 0 Å². The van der Waals surface area contributed by atoms with Crippen molar-refractivity contribution in [1.82, 2.24) is 4.90 Å². The normalized spacial score (nSPS) is 31.0. The third kappa shape index (κ3) is 2.22. The fourth-order valence-corrected chi connectivity index (χ4v) is 3.42. The van der Waals surface area contributed by atoms with Gasteiger partial charge in [0.15, 0.2) is 0 Å². The zero-order chi connectivity index (χ0) is 12.4. The van der Waals surface area contributed by atoms with Crippen LogP contribution in [0.1, 0.15) is 24.8 Å². The number of hydrogen-bond donors (Lipinski definition) is 0. The van der Waals surface area contributed by atoms with E-state index in [4.69, 9.17) is 5.53 Å². The van der Waals surface area contributed by atoms with Crippen molar-refractivity contribution in [2.24, 2.45) is 11.0 Å². The number of piperidine rings is 1. The molecule has 1 saturated heterocycles. The summed E-state index contributed by atoms with van der Waals surface area (Å²) in [5.41, 5.74) is 10.0. The first kappa shape index (κ1) is 11.6. The molecule has 3 rings (SSSR count). The first-order valence-electron chi connectivity index (χ1n) is 6.69. The molecule has 1 aromatic rings. The molecule has 0 radical (unpaired) electrons. The Morgan fingerprint density at radius 1 is 1.28 bits per heavy atom. The Morgan fingerprint density at radius 3 is 2.89 bits per heavy atom. The van der Waals surface area contributed by atoms with Crippen LogP contribution in [0.4, 0.5) is 0 Å². The summed E-state index contributed by atoms with van der Waals surface area (Å²) in [4.78, 5) is 5.51. The molecule has 2 aliphatic rings. The van der Waals surface area contributed by atoms with E-state index < -0.39 is 0 Å². The molecule has 1 saturated carbocycles. The zero-order valence-electron chi connectivity index (χ0n) is 10.4. The van der Waals surface area contributed by atoms with E-state index in [0.717, 1.165) is 13.1 Å². The molecule has 0 aromatic heterocycles. The summed E-state index contributed by atoms with van der Waals surface area (Å²) in [5, 5.41) is 3.99. The van der Waals surface area contributed by atoms with Crippen LogP contribution in [0.5, 0.6) is 0 Å². The Bertz CT molecular complexity index is 452. The summed E-state index contributed by atoms with van der Waals surface area (Å²) >= 11 is 0. The van der Waals surface area contributed by atoms with Gasteiger partial charge in [-0.05, 0) is 36.3 Å². The molecule has 2 bridgehead atoms. The molecule has 0 N–H and O–H groups in total. The van der Waals surface area contributed by atoms with Gasteiger partial charge in [0, 0.05) is 24.0 Å². The molecule has 3 atom stereocenters. The van der Waals surface area contributed by atoms with E-state index in [1.54, 1.807) is 0 Å². The van der Waals surface area contributed by atoms with Crippen LogP contribution in [0.3, 0.4) is 0 Å². The van der Waals surface area contributed by atoms with E-state index in [-0.39, 0.29) is 6.04 Å². The molecule has 94 valence electrons. The van der Waals surface area contributed by atoms with E-state index in [1.165, 1.54) is 24.8 Å². The predicted octanol–water partition coefficient (Wildman–Crippen LogP) is 3.35. The first-order chi connectivity index (χ1) is 8.86. The van der Waals surface area contributed by atoms with Crippen LogP contribution in [0.25, 0.3) is 10.4 Å². The molecule has 0 spiro atoms. The summed E-state index contributed by atoms with van der Waals surface area (Å²) in [5.74, 6) is 0.623. The Kier molecular flexibility index (Phi) is 3.22. The lowest BCUT2D eigenvalue weighted by atomic mass is 9.94. The van der Waals surface area contributed by atoms with Gasteiger partial charge in [-0.2, -0.15) is 0 Å². The van der Waals surface area contributed by atoms with Crippen LogP contribution in [0.15, 0.2) is 35.4 Å². The van der Waals surface area contributed by atoms with Crippen molar-refractivity contribution in [2.75, 3.05) is 6.54 Å². The van der Waals surface area contributed by atoms with E-state index in [9.17, 15) is 0 Å². The van der Waals surface area contributed by atoms with E-state index in [0.29, 0.717) is 12.0 Å². The van der Waals surface area contributed by atoms with Crippen LogP contribution < -0.4 is 0 Å². The topological polar surface area (TPSA) is 52.0 Å². The fourth-order valence-electron chi connectivity index (χ4n) is 3.42. The average molecular weight is 242 g/mol. The molecule has 2 fully saturated rings. The highest BCUT2D eigenvalue weighted by molar-refractivity contribution is 5.15. The molecule has 4 nitrogen and oxygen atoms in total. The van der Waals surface area contributed by atoms with Gasteiger partial charge in [0.25, 0.3) is 0 Å². The molecule has 18 heavy (non-hydrogen) atoms. The number of rotatable bonds is 3. The maximum Gasteiger partial charge on any atom is 0.0530 e. The highest BCUT2D eigenvalue weighted by atomic mass is 15.2. The standard InChI is InChI=1S/C14H18N4/c15-17-16-14-10-18(13-7-6-12(14)8-13)9-11-4-2-1-3-5-11/h1-5,12-14H,6-10H2/t12-,13+,14-/m0/s1. The maximum absolute atomic E-state index is 8.66. The van der Waals surface area contributed by atoms with Crippen molar-refractivity contribution in [2.45, 2.75) is 37.9 Å². The molecular formula is C14H18N4. The Balaban J connectivity index is 1.74. The zero-order valence-corrected chi connectivity index (χ0v) is 10.4. The van der Waals surface area contributed by atoms with Gasteiger partial charge < -0.3 is 0 Å². The van der Waals surface area contributed by atoms with Crippen molar-refractivity contribution in [1.29, 1.82) is 0 Å². The predicted molar refractivity (Wildman–Crippen MR) is 70.9 cm³/mol. The lowest BCUT2D eigenvalue weighted by molar-refractivity contribution is 0.131. The summed E-state index contributed by atoms with van der Waals surface area (Å²) in [6, 6.07) is 11.4. The molecule has 0 amide bonds. The highest BCUT2D eigenvalue weighted by Gasteiger charge is 2.39. The molecule has 1 heterocycles. The fraction of sp³-hybridized carbons (Fsp3) is 0.571. The smallest absolute Gasteiger partial charge is 0.0530 e. The van der Waals surface area contributed by atoms with Crippen LogP contribution >= 0.6 is 0 Å². The van der Waals surface area contributed by atoms with Gasteiger partial charge in [0.2, 0.25) is 0 Å². The molecule has 1 aliphatic carbocycles. The third-order valence-corrected chi connectivity index (χ3v) is 4.36. The quantitative estimate of drug-likeness (QED) is 0.455. The largest absolute Gasteiger partial charge is 0.296 e. The monoisotopic (exact) mass is 242 g/mol. The van der Waals surface area contributed by atoms with Gasteiger partial charge >= 0.3 is 0 Å². The number of hydrogen-bond acceptors (Lipinski definition) is 2. The number of nitrogens with zero attached hydrogens (tertiary/aromatic N) is 4. The van der Waals surface area contributed by atoms with Gasteiger partial charge in [-0.25, -0.2) is 0 Å². The van der Waals surface area contributed by atoms with Crippen LogP contribution in [-0.4, -0.2) is 23.5 Å². The maximum atomic E-state index is 8.66. The summed E-state index contributed by atoms with van der Waals surface area (Å²) in [6.07, 6.45) is 3.69. The van der Waals surface area contributed by atoms with Crippen molar-refractivity contribution in [3.63, 3.8) is 0 Å². The second-order valence-corrected chi connectivity index (χ2v) is 5.41. The Hall–Kier alpha value is -1.51. The second-order valence-electron chi connectivity index (χ2n) is 5.41. The summed E-state index contributed by atoms with van der Waals surface area (Å²) in [6.45, 7) is 1.91. The van der Waals surface area contributed by atoms with Crippen LogP contribution in [0, 0.1) is 5.92 Å². The lowest BCUT2D eigenvalue weighted by Gasteiger charge is -2.36. The minimum atomic E-state index is 0.178. The number of fused-ring (bicyclic) bond motifs is 2. The van der Waals surface area contributed by atoms with Gasteiger partial charge in [-0.1, -0.05) is 35.4 Å². The van der Waals surface area contributed by atoms with E-state index in [1.807, 2.05) is 6.07 Å². The summed E-state index contributed by atoms with van der Waals surface area (Å²) in [7, 11) is 0. The molecule has 1 aliphatic heterocycles. The first-order valence-corrected chi connectivity index (χ1v) is 6.69. The second kappa shape index (κ2) is 5.01. The molecular weight excluding hydrogens is 224 g/mol. The van der Waals surface area contributed by atoms with Crippen molar-refractivity contribution < 1.29 is 0 Å². The van der Waals surface area contributed by atoms with Gasteiger partial charge in [-0.3, -0.25) is 4.90 Å². The molecule has 1 aromatic carbocycles. The van der Waals surface area contributed by atoms with Gasteiger partial charge in [0.05, 0.1) is 6.04 Å². The van der Waals surface area contributed by atoms with Crippen molar-refractivity contribution in [3.05, 3.63) is 46.3 Å². The summed E-state index contributed by atoms with van der Waals surface area (Å²) < 4.78 is 0. The number of likely N-dealkylation sites (tertiary alicyclic amines) is 1. The SMILES string of the molecule is [N-]=[N+]=N[C@H]1CN(Cc2ccccc2)[C@@H]2CC[C@H]1C2. The number of benzene rings is 1. The average Bonchev–Trinajstić information content (AvgIpc) is 2.82. The molecule has 0 unspecified atom stereocenters. The van der Waals surface area contributed by atoms with E-state index >= 15 is 0 Å². The minimum absolute atomic E-state index is 0.178. The van der Waals surface area contributed by atoms with Crippen LogP contribution in [0.2, 0.25) is 0 Å².